The van der Waals surface area contributed by atoms with E-state index in [1.54, 1.807) is 18.0 Å². The highest BCUT2D eigenvalue weighted by atomic mass is 35.5. The second-order valence-corrected chi connectivity index (χ2v) is 6.06. The van der Waals surface area contributed by atoms with Gasteiger partial charge in [-0.2, -0.15) is 0 Å². The van der Waals surface area contributed by atoms with Crippen molar-refractivity contribution in [2.24, 2.45) is 0 Å². The molecule has 0 aliphatic heterocycles. The number of nitrogen functional groups attached to an aromatic ring is 1. The Hall–Kier alpha value is -0.910. The Labute approximate surface area is 113 Å². The normalized spacial score (nSPS) is 10.4. The molecule has 90 valence electrons. The quantitative estimate of drug-likeness (QED) is 0.674. The van der Waals surface area contributed by atoms with Gasteiger partial charge >= 0.3 is 0 Å². The van der Waals surface area contributed by atoms with Crippen molar-refractivity contribution in [1.82, 2.24) is 4.98 Å². The molecule has 0 unspecified atom stereocenters. The number of hydrogen-bond donors (Lipinski definition) is 1. The lowest BCUT2D eigenvalue weighted by molar-refractivity contribution is 0.344. The van der Waals surface area contributed by atoms with Gasteiger partial charge in [-0.1, -0.05) is 22.9 Å². The number of benzene rings is 1. The zero-order chi connectivity index (χ0) is 12.1. The van der Waals surface area contributed by atoms with Crippen molar-refractivity contribution in [3.63, 3.8) is 0 Å². The van der Waals surface area contributed by atoms with E-state index in [1.807, 2.05) is 24.3 Å². The Morgan fingerprint density at radius 2 is 2.12 bits per heavy atom. The topological polar surface area (TPSA) is 48.1 Å². The molecule has 0 aliphatic rings. The number of thioether (sulfide) groups is 1. The average Bonchev–Trinajstić information content (AvgIpc) is 2.73. The van der Waals surface area contributed by atoms with E-state index in [2.05, 4.69) is 4.98 Å². The number of aromatic nitrogens is 1. The van der Waals surface area contributed by atoms with Crippen molar-refractivity contribution in [1.29, 1.82) is 0 Å². The lowest BCUT2D eigenvalue weighted by Gasteiger charge is -2.04. The van der Waals surface area contributed by atoms with Gasteiger partial charge in [0.25, 0.3) is 0 Å². The minimum atomic E-state index is 0.603. The van der Waals surface area contributed by atoms with E-state index in [4.69, 9.17) is 22.1 Å². The zero-order valence-electron chi connectivity index (χ0n) is 8.93. The van der Waals surface area contributed by atoms with Gasteiger partial charge in [0.15, 0.2) is 5.13 Å². The predicted molar refractivity (Wildman–Crippen MR) is 74.2 cm³/mol. The molecule has 0 aliphatic carbocycles. The minimum Gasteiger partial charge on any atom is -0.493 e. The number of hydrogen-bond acceptors (Lipinski definition) is 5. The summed E-state index contributed by atoms with van der Waals surface area (Å²) in [6.45, 7) is 0.643. The molecule has 2 rings (SSSR count). The van der Waals surface area contributed by atoms with Crippen molar-refractivity contribution in [3.05, 3.63) is 35.5 Å². The fourth-order valence-corrected chi connectivity index (χ4v) is 2.95. The van der Waals surface area contributed by atoms with Gasteiger partial charge < -0.3 is 10.5 Å². The maximum absolute atomic E-state index is 5.78. The van der Waals surface area contributed by atoms with Crippen LogP contribution >= 0.6 is 34.7 Å². The van der Waals surface area contributed by atoms with Crippen LogP contribution in [0.2, 0.25) is 5.02 Å². The summed E-state index contributed by atoms with van der Waals surface area (Å²) in [4.78, 5) is 3.98. The van der Waals surface area contributed by atoms with E-state index in [9.17, 15) is 0 Å². The van der Waals surface area contributed by atoms with Crippen LogP contribution in [0.1, 0.15) is 0 Å². The maximum atomic E-state index is 5.78. The molecule has 0 fully saturated rings. The van der Waals surface area contributed by atoms with E-state index in [1.165, 1.54) is 11.3 Å². The molecule has 1 aromatic carbocycles. The monoisotopic (exact) mass is 286 g/mol. The number of rotatable bonds is 5. The summed E-state index contributed by atoms with van der Waals surface area (Å²) in [7, 11) is 0. The Kier molecular flexibility index (Phi) is 4.53. The number of nitrogens with two attached hydrogens (primary N) is 1. The van der Waals surface area contributed by atoms with Gasteiger partial charge in [-0.25, -0.2) is 4.98 Å². The maximum Gasteiger partial charge on any atom is 0.181 e. The van der Waals surface area contributed by atoms with Crippen LogP contribution in [0.5, 0.6) is 5.75 Å². The lowest BCUT2D eigenvalue weighted by Crippen LogP contribution is -1.99. The third-order valence-electron chi connectivity index (χ3n) is 1.91. The SMILES string of the molecule is Nc1ncc(SCCOc2ccc(Cl)cc2)s1. The standard InChI is InChI=1S/C11H11ClN2OS2/c12-8-1-3-9(4-2-8)15-5-6-16-10-7-14-11(13)17-10/h1-4,7H,5-6H2,(H2,13,14). The van der Waals surface area contributed by atoms with Crippen LogP contribution in [0.3, 0.4) is 0 Å². The number of ether oxygens (including phenoxy) is 1. The van der Waals surface area contributed by atoms with Gasteiger partial charge in [0, 0.05) is 10.8 Å². The molecule has 0 bridgehead atoms. The third kappa shape index (κ3) is 4.11. The van der Waals surface area contributed by atoms with Crippen LogP contribution in [0.4, 0.5) is 5.13 Å². The van der Waals surface area contributed by atoms with Crippen LogP contribution in [-0.4, -0.2) is 17.3 Å². The lowest BCUT2D eigenvalue weighted by atomic mass is 10.3. The minimum absolute atomic E-state index is 0.603. The van der Waals surface area contributed by atoms with E-state index < -0.39 is 0 Å². The van der Waals surface area contributed by atoms with E-state index in [0.29, 0.717) is 16.8 Å². The zero-order valence-corrected chi connectivity index (χ0v) is 11.3. The van der Waals surface area contributed by atoms with Gasteiger partial charge in [-0.05, 0) is 24.3 Å². The number of halogens is 1. The molecule has 0 atom stereocenters. The first-order chi connectivity index (χ1) is 8.24. The molecule has 0 saturated carbocycles. The van der Waals surface area contributed by atoms with E-state index in [0.717, 1.165) is 15.7 Å². The predicted octanol–water partition coefficient (Wildman–Crippen LogP) is 3.55. The Morgan fingerprint density at radius 1 is 1.35 bits per heavy atom. The molecule has 0 amide bonds. The largest absolute Gasteiger partial charge is 0.493 e. The molecule has 0 radical (unpaired) electrons. The first kappa shape index (κ1) is 12.5. The van der Waals surface area contributed by atoms with Crippen LogP contribution in [-0.2, 0) is 0 Å². The average molecular weight is 287 g/mol. The molecule has 2 aromatic rings. The van der Waals surface area contributed by atoms with Crippen molar-refractivity contribution in [2.75, 3.05) is 18.1 Å². The van der Waals surface area contributed by atoms with Crippen molar-refractivity contribution >= 4 is 39.8 Å². The first-order valence-electron chi connectivity index (χ1n) is 4.96. The highest BCUT2D eigenvalue weighted by Gasteiger charge is 1.99. The summed E-state index contributed by atoms with van der Waals surface area (Å²) in [5.41, 5.74) is 5.54. The number of thiazole rings is 1. The van der Waals surface area contributed by atoms with E-state index in [-0.39, 0.29) is 0 Å². The van der Waals surface area contributed by atoms with Crippen LogP contribution in [0, 0.1) is 0 Å². The fourth-order valence-electron chi connectivity index (χ4n) is 1.17. The Bertz CT molecular complexity index is 473. The summed E-state index contributed by atoms with van der Waals surface area (Å²) in [5, 5.41) is 1.32. The number of nitrogens with zero attached hydrogens (tertiary/aromatic N) is 1. The number of anilines is 1. The highest BCUT2D eigenvalue weighted by Crippen LogP contribution is 2.26. The molecular formula is C11H11ClN2OS2. The summed E-state index contributed by atoms with van der Waals surface area (Å²) in [6, 6.07) is 7.34. The molecule has 2 N–H and O–H groups in total. The summed E-state index contributed by atoms with van der Waals surface area (Å²) in [5.74, 6) is 1.70. The molecular weight excluding hydrogens is 276 g/mol. The summed E-state index contributed by atoms with van der Waals surface area (Å²) < 4.78 is 6.68. The van der Waals surface area contributed by atoms with Gasteiger partial charge in [-0.3, -0.25) is 0 Å². The fraction of sp³-hybridized carbons (Fsp3) is 0.182. The third-order valence-corrected chi connectivity index (χ3v) is 4.15. The molecule has 1 heterocycles. The van der Waals surface area contributed by atoms with Crippen LogP contribution in [0.25, 0.3) is 0 Å². The van der Waals surface area contributed by atoms with Gasteiger partial charge in [0.2, 0.25) is 0 Å². The first-order valence-corrected chi connectivity index (χ1v) is 7.14. The van der Waals surface area contributed by atoms with Gasteiger partial charge in [0.05, 0.1) is 17.0 Å². The van der Waals surface area contributed by atoms with Crippen LogP contribution in [0.15, 0.2) is 34.7 Å². The Morgan fingerprint density at radius 3 is 2.76 bits per heavy atom. The van der Waals surface area contributed by atoms with Crippen molar-refractivity contribution < 1.29 is 4.74 Å². The van der Waals surface area contributed by atoms with Crippen LogP contribution < -0.4 is 10.5 Å². The summed E-state index contributed by atoms with van der Waals surface area (Å²) in [6.07, 6.45) is 1.78. The van der Waals surface area contributed by atoms with Gasteiger partial charge in [0.1, 0.15) is 5.75 Å². The van der Waals surface area contributed by atoms with Crippen molar-refractivity contribution in [2.45, 2.75) is 4.21 Å². The highest BCUT2D eigenvalue weighted by molar-refractivity contribution is 8.01. The summed E-state index contributed by atoms with van der Waals surface area (Å²) >= 11 is 8.96. The molecule has 17 heavy (non-hydrogen) atoms. The molecule has 0 spiro atoms. The molecule has 6 heteroatoms. The molecule has 0 saturated heterocycles. The smallest absolute Gasteiger partial charge is 0.181 e. The second kappa shape index (κ2) is 6.14. The Balaban J connectivity index is 1.71. The van der Waals surface area contributed by atoms with Gasteiger partial charge in [-0.15, -0.1) is 11.8 Å². The second-order valence-electron chi connectivity index (χ2n) is 3.17. The van der Waals surface area contributed by atoms with Crippen molar-refractivity contribution in [3.8, 4) is 5.75 Å². The van der Waals surface area contributed by atoms with E-state index >= 15 is 0 Å². The molecule has 1 aromatic heterocycles. The molecule has 3 nitrogen and oxygen atoms in total.